The number of fused-ring (bicyclic) bond motifs is 3. The number of rotatable bonds is 16. The number of methoxy groups -OCH3 is 1. The number of allylic oxidation sites excluding steroid dienone is 1. The second kappa shape index (κ2) is 18.2. The van der Waals surface area contributed by atoms with E-state index in [-0.39, 0.29) is 44.0 Å². The molecule has 0 bridgehead atoms. The van der Waals surface area contributed by atoms with Crippen molar-refractivity contribution >= 4 is 22.6 Å². The molecular weight excluding hydrogens is 712 g/mol. The number of carbonyl (C=O) groups is 1. The van der Waals surface area contributed by atoms with Crippen molar-refractivity contribution in [2.24, 2.45) is 22.9 Å². The largest absolute Gasteiger partial charge is 0.459 e. The molecule has 11 heteroatoms. The molecule has 7 rings (SSSR count). The smallest absolute Gasteiger partial charge is 0.409 e. The maximum Gasteiger partial charge on any atom is 0.409 e. The number of likely N-dealkylation sites (N-methyl/N-ethyl adjacent to an activating group) is 1. The highest BCUT2D eigenvalue weighted by molar-refractivity contribution is 6.03. The van der Waals surface area contributed by atoms with Crippen LogP contribution < -0.4 is 9.47 Å². The number of aliphatic hydroxyl groups is 2. The van der Waals surface area contributed by atoms with Crippen molar-refractivity contribution in [2.75, 3.05) is 40.6 Å². The third-order valence-electron chi connectivity index (χ3n) is 11.9. The molecule has 7 atom stereocenters. The van der Waals surface area contributed by atoms with E-state index in [4.69, 9.17) is 33.7 Å². The summed E-state index contributed by atoms with van der Waals surface area (Å²) in [7, 11) is 3.08. The molecule has 3 aromatic rings. The van der Waals surface area contributed by atoms with Gasteiger partial charge < -0.3 is 43.6 Å². The Hall–Kier alpha value is -4.42. The molecule has 2 fully saturated rings. The number of amides is 1. The van der Waals surface area contributed by atoms with Gasteiger partial charge in [0.15, 0.2) is 0 Å². The fraction of sp³-hybridized carbons (Fsp3) is 0.511. The first kappa shape index (κ1) is 39.8. The molecule has 7 unspecified atom stereocenters. The van der Waals surface area contributed by atoms with Gasteiger partial charge in [0.25, 0.3) is 0 Å². The lowest BCUT2D eigenvalue weighted by atomic mass is 9.55. The van der Waals surface area contributed by atoms with Crippen LogP contribution in [0.4, 0.5) is 4.79 Å². The molecule has 2 heterocycles. The molecule has 0 aromatic heterocycles. The van der Waals surface area contributed by atoms with E-state index in [0.29, 0.717) is 36.7 Å². The number of unbranched alkanes of at least 4 members (excludes halogenated alkanes) is 2. The number of nitrogens with zero attached hydrogens (tertiary/aromatic N) is 2. The van der Waals surface area contributed by atoms with Crippen molar-refractivity contribution in [1.82, 2.24) is 4.90 Å². The van der Waals surface area contributed by atoms with Crippen LogP contribution in [0, 0.1) is 17.8 Å². The maximum absolute atomic E-state index is 13.4. The van der Waals surface area contributed by atoms with Crippen LogP contribution in [0.25, 0.3) is 10.8 Å². The van der Waals surface area contributed by atoms with Gasteiger partial charge in [-0.15, -0.1) is 6.58 Å². The Balaban J connectivity index is 1.40. The predicted molar refractivity (Wildman–Crippen MR) is 214 cm³/mol. The molecule has 300 valence electrons. The normalized spacial score (nSPS) is 27.4. The zero-order chi connectivity index (χ0) is 39.1. The monoisotopic (exact) mass is 768 g/mol. The molecule has 2 N–H and O–H groups in total. The standard InChI is InChI=1S/C45H56N2O9/c1-4-24-53-45-40(47(2)44(50)51-3)29-38(46-56-41-17-9-12-25-52-41)36-27-32(15-7-10-22-48)35(16-8-11-23-49)42(43(36)45)37-28-34(20-21-39(37)55-45)54-33-19-18-30-13-5-6-14-31(30)26-33/h4-6,13-14,18-21,26-28,32,35,40-43,48-49H,1,7-12,15-17,22-25,29H2,2-3H3. The molecule has 2 aliphatic heterocycles. The Morgan fingerprint density at radius 1 is 1.00 bits per heavy atom. The first-order valence-corrected chi connectivity index (χ1v) is 20.2. The number of carbonyl (C=O) groups excluding carboxylic acids is 1. The zero-order valence-corrected chi connectivity index (χ0v) is 32.6. The van der Waals surface area contributed by atoms with E-state index in [2.05, 4.69) is 36.9 Å². The summed E-state index contributed by atoms with van der Waals surface area (Å²) in [5.41, 5.74) is 2.66. The summed E-state index contributed by atoms with van der Waals surface area (Å²) in [5, 5.41) is 26.8. The number of aliphatic hydroxyl groups excluding tert-OH is 2. The summed E-state index contributed by atoms with van der Waals surface area (Å²) >= 11 is 0. The van der Waals surface area contributed by atoms with Gasteiger partial charge in [0.05, 0.1) is 32.0 Å². The Morgan fingerprint density at radius 3 is 2.52 bits per heavy atom. The number of oxime groups is 1. The van der Waals surface area contributed by atoms with Crippen molar-refractivity contribution in [2.45, 2.75) is 88.2 Å². The van der Waals surface area contributed by atoms with E-state index in [1.165, 1.54) is 7.11 Å². The zero-order valence-electron chi connectivity index (χ0n) is 32.6. The van der Waals surface area contributed by atoms with Crippen molar-refractivity contribution in [1.29, 1.82) is 0 Å². The van der Waals surface area contributed by atoms with E-state index < -0.39 is 30.1 Å². The lowest BCUT2D eigenvalue weighted by molar-refractivity contribution is -0.253. The highest BCUT2D eigenvalue weighted by Gasteiger charge is 2.65. The molecule has 2 aliphatic carbocycles. The summed E-state index contributed by atoms with van der Waals surface area (Å²) in [6.07, 6.45) is 10.8. The predicted octanol–water partition coefficient (Wildman–Crippen LogP) is 8.49. The Labute approximate surface area is 329 Å². The van der Waals surface area contributed by atoms with E-state index in [1.54, 1.807) is 18.0 Å². The average Bonchev–Trinajstić information content (AvgIpc) is 3.23. The summed E-state index contributed by atoms with van der Waals surface area (Å²) < 4.78 is 31.9. The first-order chi connectivity index (χ1) is 27.4. The second-order valence-corrected chi connectivity index (χ2v) is 15.4. The van der Waals surface area contributed by atoms with Crippen molar-refractivity contribution in [3.63, 3.8) is 0 Å². The quantitative estimate of drug-likeness (QED) is 0.0838. The van der Waals surface area contributed by atoms with Gasteiger partial charge in [0, 0.05) is 44.6 Å². The Bertz CT molecular complexity index is 1890. The first-order valence-electron chi connectivity index (χ1n) is 20.2. The lowest BCUT2D eigenvalue weighted by Crippen LogP contribution is -2.69. The molecule has 56 heavy (non-hydrogen) atoms. The van der Waals surface area contributed by atoms with Gasteiger partial charge in [-0.3, -0.25) is 0 Å². The van der Waals surface area contributed by atoms with Gasteiger partial charge in [0.2, 0.25) is 12.1 Å². The average molecular weight is 769 g/mol. The van der Waals surface area contributed by atoms with Gasteiger partial charge in [-0.05, 0) is 97.0 Å². The maximum atomic E-state index is 13.4. The van der Waals surface area contributed by atoms with Crippen molar-refractivity contribution in [3.8, 4) is 17.2 Å². The van der Waals surface area contributed by atoms with Gasteiger partial charge in [-0.2, -0.15) is 0 Å². The molecule has 3 aromatic carbocycles. The van der Waals surface area contributed by atoms with Gasteiger partial charge in [0.1, 0.15) is 23.3 Å². The highest BCUT2D eigenvalue weighted by atomic mass is 16.8. The van der Waals surface area contributed by atoms with Crippen LogP contribution in [0.5, 0.6) is 17.2 Å². The third kappa shape index (κ3) is 8.18. The van der Waals surface area contributed by atoms with Gasteiger partial charge in [-0.1, -0.05) is 60.5 Å². The van der Waals surface area contributed by atoms with E-state index in [9.17, 15) is 15.0 Å². The fourth-order valence-corrected chi connectivity index (χ4v) is 9.35. The Morgan fingerprint density at radius 2 is 1.77 bits per heavy atom. The summed E-state index contributed by atoms with van der Waals surface area (Å²) in [6, 6.07) is 19.6. The van der Waals surface area contributed by atoms with Crippen molar-refractivity contribution < 1.29 is 43.5 Å². The molecule has 1 saturated heterocycles. The number of hydrogen-bond donors (Lipinski definition) is 2. The van der Waals surface area contributed by atoms with E-state index in [0.717, 1.165) is 72.6 Å². The van der Waals surface area contributed by atoms with Crippen LogP contribution in [0.15, 0.2) is 90.1 Å². The third-order valence-corrected chi connectivity index (χ3v) is 11.9. The number of ether oxygens (including phenoxy) is 5. The van der Waals surface area contributed by atoms with E-state index in [1.807, 2.05) is 36.4 Å². The number of hydrogen-bond acceptors (Lipinski definition) is 10. The van der Waals surface area contributed by atoms with Crippen LogP contribution >= 0.6 is 0 Å². The van der Waals surface area contributed by atoms with Gasteiger partial charge in [-0.25, -0.2) is 4.79 Å². The molecule has 4 aliphatic rings. The Kier molecular flexibility index (Phi) is 13.0. The van der Waals surface area contributed by atoms with Gasteiger partial charge >= 0.3 is 6.09 Å². The van der Waals surface area contributed by atoms with Crippen LogP contribution in [0.1, 0.15) is 75.7 Å². The minimum atomic E-state index is -1.35. The molecule has 1 amide bonds. The van der Waals surface area contributed by atoms with Crippen molar-refractivity contribution in [3.05, 3.63) is 90.5 Å². The van der Waals surface area contributed by atoms with Crippen LogP contribution in [0.2, 0.25) is 0 Å². The summed E-state index contributed by atoms with van der Waals surface area (Å²) in [5.74, 6) is 0.289. The molecule has 0 radical (unpaired) electrons. The van der Waals surface area contributed by atoms with Crippen LogP contribution in [-0.4, -0.2) is 85.6 Å². The molecular formula is C45H56N2O9. The second-order valence-electron chi connectivity index (χ2n) is 15.4. The lowest BCUT2D eigenvalue weighted by Gasteiger charge is -2.59. The molecule has 0 spiro atoms. The van der Waals surface area contributed by atoms with Crippen LogP contribution in [-0.2, 0) is 19.0 Å². The fourth-order valence-electron chi connectivity index (χ4n) is 9.35. The van der Waals surface area contributed by atoms with E-state index >= 15 is 0 Å². The minimum absolute atomic E-state index is 0.0882. The molecule has 11 nitrogen and oxygen atoms in total. The van der Waals surface area contributed by atoms with Crippen LogP contribution in [0.3, 0.4) is 0 Å². The minimum Gasteiger partial charge on any atom is -0.459 e. The summed E-state index contributed by atoms with van der Waals surface area (Å²) in [6.45, 7) is 5.01. The SMILES string of the molecule is C=CCOC12Oc3ccc(Oc4ccc5ccccc5c4)cc3C3C(CCCCO)C(CCCCO)C=C(C(=NOC4CCCCO4)CC1N(C)C(=O)OC)C32. The number of benzene rings is 3. The topological polar surface area (TPSA) is 129 Å². The molecule has 1 saturated carbocycles. The summed E-state index contributed by atoms with van der Waals surface area (Å²) in [4.78, 5) is 21.2. The highest BCUT2D eigenvalue weighted by Crippen LogP contribution is 2.62.